The summed E-state index contributed by atoms with van der Waals surface area (Å²) in [6.07, 6.45) is -4.05. The van der Waals surface area contributed by atoms with Crippen LogP contribution in [-0.2, 0) is 9.53 Å². The molecule has 0 spiro atoms. The Morgan fingerprint density at radius 1 is 1.07 bits per heavy atom. The van der Waals surface area contributed by atoms with E-state index >= 15 is 4.39 Å². The van der Waals surface area contributed by atoms with Crippen LogP contribution in [0.5, 0.6) is 0 Å². The van der Waals surface area contributed by atoms with E-state index < -0.39 is 41.2 Å². The molecule has 0 bridgehead atoms. The molecule has 0 saturated heterocycles. The number of furan rings is 1. The van der Waals surface area contributed by atoms with Crippen LogP contribution < -0.4 is 0 Å². The van der Waals surface area contributed by atoms with Crippen molar-refractivity contribution in [1.29, 1.82) is 0 Å². The largest absolute Gasteiger partial charge is 0.461 e. The summed E-state index contributed by atoms with van der Waals surface area (Å²) in [6, 6.07) is 10.2. The zero-order valence-corrected chi connectivity index (χ0v) is 15.0. The summed E-state index contributed by atoms with van der Waals surface area (Å²) in [5, 5.41) is 0. The molecule has 1 aliphatic heterocycles. The number of rotatable bonds is 3. The Bertz CT molecular complexity index is 962. The van der Waals surface area contributed by atoms with Gasteiger partial charge in [-0.2, -0.15) is 17.6 Å². The molecule has 1 aromatic heterocycles. The number of hydrogen-bond acceptors (Lipinski definition) is 4. The number of carbonyl (C=O) groups is 2. The topological polar surface area (TPSA) is 56.5 Å². The average molecular weight is 408 g/mol. The number of ether oxygens (including phenoxy) is 1. The minimum Gasteiger partial charge on any atom is -0.461 e. The molecule has 1 aliphatic carbocycles. The minimum absolute atomic E-state index is 0.00613. The van der Waals surface area contributed by atoms with E-state index in [4.69, 9.17) is 9.15 Å². The van der Waals surface area contributed by atoms with Crippen LogP contribution >= 0.6 is 0 Å². The van der Waals surface area contributed by atoms with Gasteiger partial charge in [-0.25, -0.2) is 0 Å². The fourth-order valence-corrected chi connectivity index (χ4v) is 4.06. The molecule has 3 atom stereocenters. The molecule has 4 nitrogen and oxygen atoms in total. The predicted molar refractivity (Wildman–Crippen MR) is 92.6 cm³/mol. The normalized spacial score (nSPS) is 27.4. The molecule has 0 amide bonds. The van der Waals surface area contributed by atoms with E-state index in [-0.39, 0.29) is 36.2 Å². The molecule has 8 heteroatoms. The third-order valence-electron chi connectivity index (χ3n) is 5.32. The lowest BCUT2D eigenvalue weighted by Crippen LogP contribution is -2.57. The molecule has 2 aromatic rings. The molecule has 0 saturated carbocycles. The third kappa shape index (κ3) is 3.07. The SMILES string of the molecule is O=C1CCCC2=C1C(c1ccccc1)C(C(=O)c1ccco1)C(F)(C(F)(F)F)O2. The molecule has 2 heterocycles. The Morgan fingerprint density at radius 3 is 2.41 bits per heavy atom. The van der Waals surface area contributed by atoms with Crippen molar-refractivity contribution in [1.82, 2.24) is 0 Å². The summed E-state index contributed by atoms with van der Waals surface area (Å²) in [4.78, 5) is 25.7. The van der Waals surface area contributed by atoms with Crippen molar-refractivity contribution in [2.75, 3.05) is 0 Å². The van der Waals surface area contributed by atoms with Crippen LogP contribution in [-0.4, -0.2) is 23.6 Å². The highest BCUT2D eigenvalue weighted by atomic mass is 19.4. The molecular weight excluding hydrogens is 392 g/mol. The highest BCUT2D eigenvalue weighted by Gasteiger charge is 2.71. The number of alkyl halides is 4. The van der Waals surface area contributed by atoms with Gasteiger partial charge in [-0.05, 0) is 24.1 Å². The van der Waals surface area contributed by atoms with Gasteiger partial charge in [0.15, 0.2) is 11.5 Å². The Balaban J connectivity index is 1.98. The number of ketones is 2. The third-order valence-corrected chi connectivity index (χ3v) is 5.32. The molecular formula is C21H16F4O4. The summed E-state index contributed by atoms with van der Waals surface area (Å²) in [5.74, 6) is -10.5. The van der Waals surface area contributed by atoms with E-state index in [2.05, 4.69) is 0 Å². The first-order valence-electron chi connectivity index (χ1n) is 9.07. The van der Waals surface area contributed by atoms with Crippen LogP contribution in [0.25, 0.3) is 0 Å². The van der Waals surface area contributed by atoms with Crippen molar-refractivity contribution >= 4 is 11.6 Å². The van der Waals surface area contributed by atoms with Crippen molar-refractivity contribution in [2.24, 2.45) is 5.92 Å². The lowest BCUT2D eigenvalue weighted by atomic mass is 9.69. The van der Waals surface area contributed by atoms with E-state index in [1.807, 2.05) is 0 Å². The fraction of sp³-hybridized carbons (Fsp3) is 0.333. The Morgan fingerprint density at radius 2 is 1.79 bits per heavy atom. The van der Waals surface area contributed by atoms with Crippen LogP contribution in [0.15, 0.2) is 64.5 Å². The van der Waals surface area contributed by atoms with Gasteiger partial charge in [0.25, 0.3) is 0 Å². The summed E-state index contributed by atoms with van der Waals surface area (Å²) >= 11 is 0. The van der Waals surface area contributed by atoms with Gasteiger partial charge in [0.05, 0.1) is 6.26 Å². The highest BCUT2D eigenvalue weighted by molar-refractivity contribution is 6.02. The summed E-state index contributed by atoms with van der Waals surface area (Å²) in [6.45, 7) is 0. The Hall–Kier alpha value is -2.90. The number of benzene rings is 1. The molecule has 4 rings (SSSR count). The molecule has 3 unspecified atom stereocenters. The quantitative estimate of drug-likeness (QED) is 0.522. The maximum Gasteiger partial charge on any atom is 0.461 e. The van der Waals surface area contributed by atoms with E-state index in [1.165, 1.54) is 18.2 Å². The first-order chi connectivity index (χ1) is 13.7. The lowest BCUT2D eigenvalue weighted by molar-refractivity contribution is -0.341. The van der Waals surface area contributed by atoms with Crippen molar-refractivity contribution in [2.45, 2.75) is 37.2 Å². The van der Waals surface area contributed by atoms with Gasteiger partial charge in [-0.3, -0.25) is 9.59 Å². The first kappa shape index (κ1) is 19.4. The van der Waals surface area contributed by atoms with Gasteiger partial charge in [0.2, 0.25) is 5.78 Å². The molecule has 0 radical (unpaired) electrons. The fourth-order valence-electron chi connectivity index (χ4n) is 4.06. The van der Waals surface area contributed by atoms with Crippen LogP contribution in [0.2, 0.25) is 0 Å². The van der Waals surface area contributed by atoms with Gasteiger partial charge in [0, 0.05) is 24.3 Å². The van der Waals surface area contributed by atoms with E-state index in [0.717, 1.165) is 12.3 Å². The molecule has 1 aromatic carbocycles. The van der Waals surface area contributed by atoms with Gasteiger partial charge in [0.1, 0.15) is 11.7 Å². The smallest absolute Gasteiger partial charge is 0.461 e. The zero-order chi connectivity index (χ0) is 20.8. The van der Waals surface area contributed by atoms with Crippen molar-refractivity contribution in [3.63, 3.8) is 0 Å². The number of hydrogen-bond donors (Lipinski definition) is 0. The van der Waals surface area contributed by atoms with E-state index in [9.17, 15) is 22.8 Å². The Labute approximate surface area is 163 Å². The van der Waals surface area contributed by atoms with Crippen LogP contribution in [0.1, 0.15) is 41.3 Å². The second-order valence-corrected chi connectivity index (χ2v) is 7.07. The molecule has 29 heavy (non-hydrogen) atoms. The molecule has 0 N–H and O–H groups in total. The van der Waals surface area contributed by atoms with Crippen molar-refractivity contribution in [3.05, 3.63) is 71.4 Å². The minimum atomic E-state index is -5.51. The number of Topliss-reactive ketones (excluding diaryl/α,β-unsaturated/α-hetero) is 2. The standard InChI is InChI=1S/C21H16F4O4/c22-20(21(23,24)25)18(19(27)15-10-5-11-28-15)16(12-6-2-1-3-7-12)17-13(26)8-4-9-14(17)29-20/h1-3,5-7,10-11,16,18H,4,8-9H2. The van der Waals surface area contributed by atoms with Gasteiger partial charge >= 0.3 is 12.0 Å². The molecule has 152 valence electrons. The number of carbonyl (C=O) groups excluding carboxylic acids is 2. The van der Waals surface area contributed by atoms with E-state index in [1.54, 1.807) is 18.2 Å². The van der Waals surface area contributed by atoms with E-state index in [0.29, 0.717) is 0 Å². The number of halogens is 4. The molecule has 2 aliphatic rings. The van der Waals surface area contributed by atoms with Gasteiger partial charge in [-0.15, -0.1) is 0 Å². The summed E-state index contributed by atoms with van der Waals surface area (Å²) in [7, 11) is 0. The average Bonchev–Trinajstić information content (AvgIpc) is 3.21. The first-order valence-corrected chi connectivity index (χ1v) is 9.07. The second-order valence-electron chi connectivity index (χ2n) is 7.07. The van der Waals surface area contributed by atoms with Crippen LogP contribution in [0.4, 0.5) is 17.6 Å². The highest BCUT2D eigenvalue weighted by Crippen LogP contribution is 2.56. The zero-order valence-electron chi connectivity index (χ0n) is 15.0. The van der Waals surface area contributed by atoms with Crippen molar-refractivity contribution < 1.29 is 36.3 Å². The van der Waals surface area contributed by atoms with Gasteiger partial charge < -0.3 is 9.15 Å². The number of allylic oxidation sites excluding steroid dienone is 2. The summed E-state index contributed by atoms with van der Waals surface area (Å²) < 4.78 is 67.2. The maximum absolute atomic E-state index is 15.7. The Kier molecular flexibility index (Phi) is 4.59. The predicted octanol–water partition coefficient (Wildman–Crippen LogP) is 5.13. The van der Waals surface area contributed by atoms with Crippen LogP contribution in [0, 0.1) is 5.92 Å². The lowest BCUT2D eigenvalue weighted by Gasteiger charge is -2.45. The summed E-state index contributed by atoms with van der Waals surface area (Å²) in [5.41, 5.74) is 0.166. The maximum atomic E-state index is 15.7. The second kappa shape index (κ2) is 6.86. The van der Waals surface area contributed by atoms with Crippen LogP contribution in [0.3, 0.4) is 0 Å². The van der Waals surface area contributed by atoms with Crippen molar-refractivity contribution in [3.8, 4) is 0 Å². The monoisotopic (exact) mass is 408 g/mol. The molecule has 0 fully saturated rings. The van der Waals surface area contributed by atoms with Gasteiger partial charge in [-0.1, -0.05) is 30.3 Å².